The van der Waals surface area contributed by atoms with Crippen LogP contribution < -0.4 is 0 Å². The fourth-order valence-electron chi connectivity index (χ4n) is 2.46. The van der Waals surface area contributed by atoms with E-state index in [-0.39, 0.29) is 40.7 Å². The van der Waals surface area contributed by atoms with Gasteiger partial charge in [-0.1, -0.05) is 76.8 Å². The van der Waals surface area contributed by atoms with E-state index < -0.39 is 11.9 Å². The Morgan fingerprint density at radius 1 is 0.731 bits per heavy atom. The molecule has 0 spiro atoms. The summed E-state index contributed by atoms with van der Waals surface area (Å²) in [5.41, 5.74) is -0.380. The zero-order valence-corrected chi connectivity index (χ0v) is 15.2. The van der Waals surface area contributed by atoms with E-state index in [4.69, 9.17) is 15.3 Å². The number of aromatic carboxylic acids is 2. The van der Waals surface area contributed by atoms with Crippen molar-refractivity contribution in [2.24, 2.45) is 0 Å². The minimum atomic E-state index is -1.23. The van der Waals surface area contributed by atoms with E-state index in [1.807, 2.05) is 0 Å². The first-order valence-corrected chi connectivity index (χ1v) is 9.21. The molecular formula is C20H33NaO5. The number of aliphatic hydroxyl groups is 1. The van der Waals surface area contributed by atoms with Crippen LogP contribution in [0.15, 0.2) is 24.3 Å². The summed E-state index contributed by atoms with van der Waals surface area (Å²) >= 11 is 0. The first-order valence-electron chi connectivity index (χ1n) is 9.21. The van der Waals surface area contributed by atoms with Crippen molar-refractivity contribution < 1.29 is 24.9 Å². The molecule has 6 heteroatoms. The second-order valence-electron chi connectivity index (χ2n) is 6.06. The number of hydrogen-bond acceptors (Lipinski definition) is 3. The van der Waals surface area contributed by atoms with Crippen molar-refractivity contribution in [2.45, 2.75) is 71.1 Å². The topological polar surface area (TPSA) is 94.8 Å². The van der Waals surface area contributed by atoms with Crippen LogP contribution in [0.4, 0.5) is 0 Å². The van der Waals surface area contributed by atoms with E-state index in [0.29, 0.717) is 6.61 Å². The van der Waals surface area contributed by atoms with E-state index >= 15 is 0 Å². The average Bonchev–Trinajstić information content (AvgIpc) is 2.61. The Bertz CT molecular complexity index is 448. The summed E-state index contributed by atoms with van der Waals surface area (Å²) < 4.78 is 0. The molecule has 144 valence electrons. The zero-order chi connectivity index (χ0) is 18.9. The SMILES string of the molecule is CCCCCCCCCCCCO.O=C(O)c1ccccc1C(=O)O.[NaH]. The maximum absolute atomic E-state index is 10.5. The fraction of sp³-hybridized carbons (Fsp3) is 0.600. The second-order valence-corrected chi connectivity index (χ2v) is 6.06. The molecular weight excluding hydrogens is 343 g/mol. The van der Waals surface area contributed by atoms with Crippen LogP contribution in [-0.2, 0) is 0 Å². The molecule has 0 fully saturated rings. The van der Waals surface area contributed by atoms with Crippen molar-refractivity contribution in [3.8, 4) is 0 Å². The number of carboxylic acids is 2. The molecule has 0 saturated heterocycles. The van der Waals surface area contributed by atoms with Crippen molar-refractivity contribution in [2.75, 3.05) is 6.61 Å². The molecule has 0 aliphatic rings. The van der Waals surface area contributed by atoms with Crippen LogP contribution in [0, 0.1) is 0 Å². The van der Waals surface area contributed by atoms with Crippen molar-refractivity contribution in [3.63, 3.8) is 0 Å². The van der Waals surface area contributed by atoms with Gasteiger partial charge in [-0.15, -0.1) is 0 Å². The molecule has 1 aromatic carbocycles. The Morgan fingerprint density at radius 2 is 1.08 bits per heavy atom. The fourth-order valence-corrected chi connectivity index (χ4v) is 2.46. The quantitative estimate of drug-likeness (QED) is 0.373. The number of unbranched alkanes of at least 4 members (excludes halogenated alkanes) is 9. The molecule has 0 aliphatic carbocycles. The molecule has 0 bridgehead atoms. The van der Waals surface area contributed by atoms with E-state index in [9.17, 15) is 9.59 Å². The molecule has 3 N–H and O–H groups in total. The standard InChI is InChI=1S/C12H26O.C8H6O4.Na.H/c1-2-3-4-5-6-7-8-9-10-11-12-13;9-7(10)5-3-1-2-4-6(5)8(11)12;;/h13H,2-12H2,1H3;1-4H,(H,9,10)(H,11,12);;. The average molecular weight is 376 g/mol. The van der Waals surface area contributed by atoms with Gasteiger partial charge in [0.2, 0.25) is 0 Å². The van der Waals surface area contributed by atoms with Crippen LogP contribution in [0.5, 0.6) is 0 Å². The molecule has 0 unspecified atom stereocenters. The van der Waals surface area contributed by atoms with Gasteiger partial charge in [-0.25, -0.2) is 9.59 Å². The molecule has 0 atom stereocenters. The van der Waals surface area contributed by atoms with E-state index in [1.54, 1.807) is 0 Å². The van der Waals surface area contributed by atoms with Crippen LogP contribution in [0.3, 0.4) is 0 Å². The molecule has 0 amide bonds. The number of rotatable bonds is 12. The van der Waals surface area contributed by atoms with Crippen molar-refractivity contribution in [1.29, 1.82) is 0 Å². The number of carbonyl (C=O) groups is 2. The summed E-state index contributed by atoms with van der Waals surface area (Å²) in [5.74, 6) is -2.46. The molecule has 5 nitrogen and oxygen atoms in total. The summed E-state index contributed by atoms with van der Waals surface area (Å²) in [7, 11) is 0. The summed E-state index contributed by atoms with van der Waals surface area (Å²) in [6, 6.07) is 5.48. The molecule has 0 saturated carbocycles. The molecule has 0 aromatic heterocycles. The summed E-state index contributed by atoms with van der Waals surface area (Å²) in [4.78, 5) is 20.9. The van der Waals surface area contributed by atoms with Gasteiger partial charge in [0.05, 0.1) is 11.1 Å². The monoisotopic (exact) mass is 376 g/mol. The van der Waals surface area contributed by atoms with E-state index in [2.05, 4.69) is 6.92 Å². The molecule has 1 aromatic rings. The maximum atomic E-state index is 10.5. The Morgan fingerprint density at radius 3 is 1.38 bits per heavy atom. The van der Waals surface area contributed by atoms with Gasteiger partial charge in [0.15, 0.2) is 0 Å². The van der Waals surface area contributed by atoms with Crippen LogP contribution in [0.1, 0.15) is 91.8 Å². The van der Waals surface area contributed by atoms with Gasteiger partial charge >= 0.3 is 41.5 Å². The first kappa shape index (κ1) is 27.3. The van der Waals surface area contributed by atoms with Gasteiger partial charge in [-0.3, -0.25) is 0 Å². The van der Waals surface area contributed by atoms with Crippen molar-refractivity contribution in [1.82, 2.24) is 0 Å². The Labute approximate surface area is 179 Å². The van der Waals surface area contributed by atoms with E-state index in [0.717, 1.165) is 6.42 Å². The van der Waals surface area contributed by atoms with Crippen molar-refractivity contribution >= 4 is 41.5 Å². The van der Waals surface area contributed by atoms with Gasteiger partial charge in [0.1, 0.15) is 0 Å². The van der Waals surface area contributed by atoms with Crippen molar-refractivity contribution in [3.05, 3.63) is 35.4 Å². The molecule has 1 rings (SSSR count). The predicted molar refractivity (Wildman–Crippen MR) is 106 cm³/mol. The number of aliphatic hydroxyl groups excluding tert-OH is 1. The third-order valence-electron chi connectivity index (χ3n) is 3.90. The molecule has 0 heterocycles. The van der Waals surface area contributed by atoms with Gasteiger partial charge < -0.3 is 15.3 Å². The third kappa shape index (κ3) is 14.3. The summed E-state index contributed by atoms with van der Waals surface area (Å²) in [5, 5.41) is 25.7. The van der Waals surface area contributed by atoms with Crippen LogP contribution in [0.25, 0.3) is 0 Å². The van der Waals surface area contributed by atoms with E-state index in [1.165, 1.54) is 82.1 Å². The van der Waals surface area contributed by atoms with Gasteiger partial charge in [-0.05, 0) is 18.6 Å². The van der Waals surface area contributed by atoms with Crippen LogP contribution >= 0.6 is 0 Å². The van der Waals surface area contributed by atoms with Gasteiger partial charge in [-0.2, -0.15) is 0 Å². The molecule has 26 heavy (non-hydrogen) atoms. The normalized spacial score (nSPS) is 9.62. The van der Waals surface area contributed by atoms with Crippen LogP contribution in [0.2, 0.25) is 0 Å². The number of hydrogen-bond donors (Lipinski definition) is 3. The Hall–Kier alpha value is -0.880. The predicted octanol–water partition coefficient (Wildman–Crippen LogP) is 4.33. The summed E-state index contributed by atoms with van der Waals surface area (Å²) in [6.45, 7) is 2.63. The minimum absolute atomic E-state index is 0. The zero-order valence-electron chi connectivity index (χ0n) is 15.2. The van der Waals surface area contributed by atoms with Crippen LogP contribution in [-0.4, -0.2) is 63.4 Å². The summed E-state index contributed by atoms with van der Waals surface area (Å²) in [6.07, 6.45) is 13.3. The second kappa shape index (κ2) is 18.9. The molecule has 0 radical (unpaired) electrons. The Balaban J connectivity index is 0. The van der Waals surface area contributed by atoms with Gasteiger partial charge in [0, 0.05) is 6.61 Å². The number of benzene rings is 1. The first-order chi connectivity index (χ1) is 12.0. The van der Waals surface area contributed by atoms with Gasteiger partial charge in [0.25, 0.3) is 0 Å². The third-order valence-corrected chi connectivity index (χ3v) is 3.90. The molecule has 0 aliphatic heterocycles. The Kier molecular flexibility index (Phi) is 19.9. The number of carboxylic acid groups (broad SMARTS) is 2.